The van der Waals surface area contributed by atoms with E-state index in [1.54, 1.807) is 0 Å². The molecule has 1 aromatic rings. The number of benzene rings is 1. The summed E-state index contributed by atoms with van der Waals surface area (Å²) < 4.78 is 0. The molecule has 5 heteroatoms. The molecule has 0 saturated carbocycles. The summed E-state index contributed by atoms with van der Waals surface area (Å²) >= 11 is 10.9. The number of rotatable bonds is 1. The second-order valence-electron chi connectivity index (χ2n) is 2.02. The van der Waals surface area contributed by atoms with Crippen LogP contribution in [-0.2, 0) is 4.79 Å². The zero-order valence-corrected chi connectivity index (χ0v) is 7.15. The van der Waals surface area contributed by atoms with Gasteiger partial charge in [0.2, 0.25) is 6.29 Å². The second-order valence-corrected chi connectivity index (χ2v) is 2.80. The van der Waals surface area contributed by atoms with Crippen molar-refractivity contribution in [3.63, 3.8) is 0 Å². The van der Waals surface area contributed by atoms with Crippen molar-refractivity contribution in [2.45, 2.75) is 0 Å². The summed E-state index contributed by atoms with van der Waals surface area (Å²) in [6.45, 7) is 0. The van der Waals surface area contributed by atoms with E-state index in [-0.39, 0.29) is 15.6 Å². The highest BCUT2D eigenvalue weighted by molar-refractivity contribution is 6.37. The molecule has 0 amide bonds. The molecular formula is C7H3Cl2O3. The molecule has 1 aromatic carbocycles. The molecule has 12 heavy (non-hydrogen) atoms. The van der Waals surface area contributed by atoms with Crippen LogP contribution in [0, 0.1) is 0 Å². The Bertz CT molecular complexity index is 336. The molecular weight excluding hydrogens is 203 g/mol. The van der Waals surface area contributed by atoms with E-state index in [1.807, 2.05) is 0 Å². The molecule has 0 heterocycles. The Balaban J connectivity index is 3.49. The van der Waals surface area contributed by atoms with E-state index in [9.17, 15) is 4.79 Å². The third kappa shape index (κ3) is 1.33. The molecule has 0 aliphatic rings. The number of carbonyl (C=O) groups excluding carboxylic acids is 1. The molecule has 0 aromatic heterocycles. The minimum absolute atomic E-state index is 0.0861. The average Bonchev–Trinajstić information content (AvgIpc) is 2.08. The van der Waals surface area contributed by atoms with Gasteiger partial charge in [-0.2, -0.15) is 0 Å². The molecule has 1 radical (unpaired) electrons. The normalized spacial score (nSPS) is 9.83. The zero-order valence-electron chi connectivity index (χ0n) is 5.64. The molecule has 1 rings (SSSR count). The van der Waals surface area contributed by atoms with Gasteiger partial charge in [-0.1, -0.05) is 23.2 Å². The van der Waals surface area contributed by atoms with Crippen molar-refractivity contribution in [1.29, 1.82) is 0 Å². The smallest absolute Gasteiger partial charge is 0.235 e. The first-order valence-electron chi connectivity index (χ1n) is 2.86. The largest absolute Gasteiger partial charge is 0.503 e. The third-order valence-corrected chi connectivity index (χ3v) is 1.95. The molecule has 3 nitrogen and oxygen atoms in total. The lowest BCUT2D eigenvalue weighted by Crippen LogP contribution is -1.84. The Morgan fingerprint density at radius 2 is 1.83 bits per heavy atom. The van der Waals surface area contributed by atoms with Crippen LogP contribution in [0.1, 0.15) is 5.56 Å². The van der Waals surface area contributed by atoms with Crippen LogP contribution in [0.25, 0.3) is 0 Å². The van der Waals surface area contributed by atoms with Crippen molar-refractivity contribution in [3.05, 3.63) is 21.7 Å². The van der Waals surface area contributed by atoms with Crippen LogP contribution in [0.4, 0.5) is 0 Å². The van der Waals surface area contributed by atoms with Crippen molar-refractivity contribution >= 4 is 29.5 Å². The van der Waals surface area contributed by atoms with Crippen LogP contribution >= 0.6 is 23.2 Å². The lowest BCUT2D eigenvalue weighted by Gasteiger charge is -2.03. The number of aromatic hydroxyl groups is 2. The van der Waals surface area contributed by atoms with Gasteiger partial charge >= 0.3 is 0 Å². The Labute approximate surface area is 78.2 Å². The van der Waals surface area contributed by atoms with Crippen LogP contribution in [0.15, 0.2) is 6.07 Å². The van der Waals surface area contributed by atoms with Crippen molar-refractivity contribution in [3.8, 4) is 11.5 Å². The minimum atomic E-state index is -0.609. The summed E-state index contributed by atoms with van der Waals surface area (Å²) in [4.78, 5) is 10.2. The standard InChI is InChI=1S/C7H3Cl2O3/c8-4-1-3(2-10)5(9)7(12)6(4)11/h1,11-12H. The van der Waals surface area contributed by atoms with Gasteiger partial charge in [0.1, 0.15) is 0 Å². The molecule has 0 atom stereocenters. The molecule has 0 spiro atoms. The van der Waals surface area contributed by atoms with Gasteiger partial charge in [-0.15, -0.1) is 0 Å². The van der Waals surface area contributed by atoms with Gasteiger partial charge < -0.3 is 10.2 Å². The number of phenols is 2. The highest BCUT2D eigenvalue weighted by atomic mass is 35.5. The molecule has 0 aliphatic carbocycles. The second kappa shape index (κ2) is 3.21. The van der Waals surface area contributed by atoms with E-state index < -0.39 is 11.5 Å². The molecule has 0 bridgehead atoms. The number of phenolic OH excluding ortho intramolecular Hbond substituents is 2. The Hall–Kier alpha value is -0.930. The van der Waals surface area contributed by atoms with E-state index in [1.165, 1.54) is 6.29 Å². The summed E-state index contributed by atoms with van der Waals surface area (Å²) in [6.07, 6.45) is 1.47. The topological polar surface area (TPSA) is 57.5 Å². The highest BCUT2D eigenvalue weighted by Gasteiger charge is 2.14. The summed E-state index contributed by atoms with van der Waals surface area (Å²) in [5.74, 6) is -1.15. The van der Waals surface area contributed by atoms with Gasteiger partial charge in [0.05, 0.1) is 15.6 Å². The quantitative estimate of drug-likeness (QED) is 0.689. The van der Waals surface area contributed by atoms with Gasteiger partial charge in [0.25, 0.3) is 0 Å². The first-order chi connectivity index (χ1) is 5.57. The fourth-order valence-corrected chi connectivity index (χ4v) is 1.06. The van der Waals surface area contributed by atoms with Crippen LogP contribution < -0.4 is 0 Å². The van der Waals surface area contributed by atoms with Gasteiger partial charge in [-0.3, -0.25) is 4.79 Å². The molecule has 0 aliphatic heterocycles. The Morgan fingerprint density at radius 3 is 2.33 bits per heavy atom. The fraction of sp³-hybridized carbons (Fsp3) is 0. The minimum Gasteiger partial charge on any atom is -0.503 e. The van der Waals surface area contributed by atoms with Crippen molar-refractivity contribution in [1.82, 2.24) is 0 Å². The molecule has 2 N–H and O–H groups in total. The number of hydrogen-bond donors (Lipinski definition) is 2. The number of hydrogen-bond acceptors (Lipinski definition) is 3. The van der Waals surface area contributed by atoms with Crippen LogP contribution in [0.3, 0.4) is 0 Å². The molecule has 0 unspecified atom stereocenters. The zero-order chi connectivity index (χ0) is 9.30. The lowest BCUT2D eigenvalue weighted by molar-refractivity contribution is 0.404. The molecule has 0 fully saturated rings. The number of halogens is 2. The van der Waals surface area contributed by atoms with Crippen molar-refractivity contribution < 1.29 is 15.0 Å². The lowest BCUT2D eigenvalue weighted by atomic mass is 10.2. The van der Waals surface area contributed by atoms with Gasteiger partial charge in [0.15, 0.2) is 11.5 Å². The summed E-state index contributed by atoms with van der Waals surface area (Å²) in [5, 5.41) is 17.7. The SMILES string of the molecule is O=[C]c1cc(Cl)c(O)c(O)c1Cl. The first kappa shape index (κ1) is 9.16. The summed E-state index contributed by atoms with van der Waals surface area (Å²) in [7, 11) is 0. The van der Waals surface area contributed by atoms with E-state index in [0.717, 1.165) is 6.07 Å². The maximum Gasteiger partial charge on any atom is 0.235 e. The predicted molar refractivity (Wildman–Crippen MR) is 44.6 cm³/mol. The summed E-state index contributed by atoms with van der Waals surface area (Å²) in [5.41, 5.74) is -0.0861. The maximum absolute atomic E-state index is 10.2. The van der Waals surface area contributed by atoms with E-state index in [4.69, 9.17) is 33.4 Å². The van der Waals surface area contributed by atoms with Crippen molar-refractivity contribution in [2.24, 2.45) is 0 Å². The Kier molecular flexibility index (Phi) is 2.45. The van der Waals surface area contributed by atoms with E-state index >= 15 is 0 Å². The highest BCUT2D eigenvalue weighted by Crippen LogP contribution is 2.40. The average molecular weight is 206 g/mol. The van der Waals surface area contributed by atoms with E-state index in [0.29, 0.717) is 0 Å². The van der Waals surface area contributed by atoms with Gasteiger partial charge in [-0.05, 0) is 6.07 Å². The monoisotopic (exact) mass is 205 g/mol. The summed E-state index contributed by atoms with van der Waals surface area (Å²) in [6, 6.07) is 1.12. The van der Waals surface area contributed by atoms with Gasteiger partial charge in [0, 0.05) is 0 Å². The molecule has 63 valence electrons. The van der Waals surface area contributed by atoms with Gasteiger partial charge in [-0.25, -0.2) is 0 Å². The van der Waals surface area contributed by atoms with Crippen LogP contribution in [0.5, 0.6) is 11.5 Å². The van der Waals surface area contributed by atoms with Crippen molar-refractivity contribution in [2.75, 3.05) is 0 Å². The van der Waals surface area contributed by atoms with Crippen LogP contribution in [0.2, 0.25) is 10.0 Å². The van der Waals surface area contributed by atoms with E-state index in [2.05, 4.69) is 0 Å². The maximum atomic E-state index is 10.2. The third-order valence-electron chi connectivity index (χ3n) is 1.28. The first-order valence-corrected chi connectivity index (χ1v) is 3.61. The Morgan fingerprint density at radius 1 is 1.25 bits per heavy atom. The van der Waals surface area contributed by atoms with Crippen LogP contribution in [-0.4, -0.2) is 16.5 Å². The fourth-order valence-electron chi connectivity index (χ4n) is 0.677. The predicted octanol–water partition coefficient (Wildman–Crippen LogP) is 1.86. The molecule has 0 saturated heterocycles.